The molecule has 0 atom stereocenters. The summed E-state index contributed by atoms with van der Waals surface area (Å²) in [7, 11) is 2.85. The predicted octanol–water partition coefficient (Wildman–Crippen LogP) is 2.47. The second-order valence-electron chi connectivity index (χ2n) is 5.81. The molecule has 2 rings (SSSR count). The van der Waals surface area contributed by atoms with Crippen LogP contribution in [0.15, 0.2) is 48.5 Å². The molecule has 0 aromatic heterocycles. The number of hydrogen-bond donors (Lipinski definition) is 1. The van der Waals surface area contributed by atoms with E-state index in [9.17, 15) is 14.4 Å². The van der Waals surface area contributed by atoms with Crippen LogP contribution in [0.1, 0.15) is 22.8 Å². The second kappa shape index (κ2) is 9.38. The van der Waals surface area contributed by atoms with Crippen molar-refractivity contribution in [3.63, 3.8) is 0 Å². The third-order valence-corrected chi connectivity index (χ3v) is 3.92. The molecule has 0 heterocycles. The number of ether oxygens (including phenoxy) is 2. The standard InChI is InChI=1S/C20H22N2O5/c1-14(23)22(12-15-8-10-16(26-2)11-9-15)13-19(24)21-18-7-5-4-6-17(18)20(25)27-3/h4-11H,12-13H2,1-3H3,(H,21,24). The highest BCUT2D eigenvalue weighted by molar-refractivity contribution is 6.02. The predicted molar refractivity (Wildman–Crippen MR) is 100 cm³/mol. The normalized spacial score (nSPS) is 10.0. The minimum atomic E-state index is -0.549. The van der Waals surface area contributed by atoms with Crippen LogP contribution in [-0.4, -0.2) is 43.4 Å². The van der Waals surface area contributed by atoms with Crippen molar-refractivity contribution in [3.8, 4) is 5.75 Å². The molecule has 0 spiro atoms. The summed E-state index contributed by atoms with van der Waals surface area (Å²) in [6.45, 7) is 1.54. The van der Waals surface area contributed by atoms with Crippen LogP contribution in [0.2, 0.25) is 0 Å². The molecule has 7 heteroatoms. The molecule has 0 aliphatic heterocycles. The molecule has 0 unspecified atom stereocenters. The topological polar surface area (TPSA) is 84.9 Å². The molecule has 0 radical (unpaired) electrons. The lowest BCUT2D eigenvalue weighted by Crippen LogP contribution is -2.36. The van der Waals surface area contributed by atoms with E-state index in [1.807, 2.05) is 12.1 Å². The summed E-state index contributed by atoms with van der Waals surface area (Å²) in [5, 5.41) is 2.66. The van der Waals surface area contributed by atoms with E-state index in [-0.39, 0.29) is 24.6 Å². The van der Waals surface area contributed by atoms with Gasteiger partial charge in [-0.3, -0.25) is 9.59 Å². The van der Waals surface area contributed by atoms with Gasteiger partial charge < -0.3 is 19.7 Å². The third kappa shape index (κ3) is 5.57. The van der Waals surface area contributed by atoms with Crippen molar-refractivity contribution in [2.45, 2.75) is 13.5 Å². The van der Waals surface area contributed by atoms with Gasteiger partial charge in [-0.05, 0) is 29.8 Å². The Balaban J connectivity index is 2.07. The summed E-state index contributed by atoms with van der Waals surface area (Å²) in [6.07, 6.45) is 0. The van der Waals surface area contributed by atoms with Gasteiger partial charge in [0.2, 0.25) is 11.8 Å². The summed E-state index contributed by atoms with van der Waals surface area (Å²) in [4.78, 5) is 37.5. The summed E-state index contributed by atoms with van der Waals surface area (Å²) in [6, 6.07) is 13.8. The molecular weight excluding hydrogens is 348 g/mol. The number of anilines is 1. The maximum atomic E-state index is 12.4. The average Bonchev–Trinajstić information content (AvgIpc) is 2.67. The lowest BCUT2D eigenvalue weighted by molar-refractivity contribution is -0.133. The Morgan fingerprint density at radius 3 is 2.26 bits per heavy atom. The van der Waals surface area contributed by atoms with Gasteiger partial charge in [0.05, 0.1) is 25.5 Å². The number of carbonyl (C=O) groups is 3. The molecule has 2 amide bonds. The maximum Gasteiger partial charge on any atom is 0.339 e. The molecule has 27 heavy (non-hydrogen) atoms. The molecule has 0 saturated carbocycles. The van der Waals surface area contributed by atoms with Crippen LogP contribution in [0.5, 0.6) is 5.75 Å². The van der Waals surface area contributed by atoms with Crippen molar-refractivity contribution >= 4 is 23.5 Å². The van der Waals surface area contributed by atoms with Crippen molar-refractivity contribution in [2.75, 3.05) is 26.1 Å². The first-order valence-corrected chi connectivity index (χ1v) is 8.30. The fourth-order valence-electron chi connectivity index (χ4n) is 2.47. The van der Waals surface area contributed by atoms with Gasteiger partial charge >= 0.3 is 5.97 Å². The van der Waals surface area contributed by atoms with Gasteiger partial charge in [-0.1, -0.05) is 24.3 Å². The highest BCUT2D eigenvalue weighted by Gasteiger charge is 2.17. The van der Waals surface area contributed by atoms with Gasteiger partial charge in [-0.15, -0.1) is 0 Å². The first-order chi connectivity index (χ1) is 12.9. The van der Waals surface area contributed by atoms with E-state index in [2.05, 4.69) is 5.32 Å². The molecule has 142 valence electrons. The van der Waals surface area contributed by atoms with Gasteiger partial charge in [0.1, 0.15) is 12.3 Å². The molecule has 2 aromatic carbocycles. The molecular formula is C20H22N2O5. The van der Waals surface area contributed by atoms with E-state index in [0.29, 0.717) is 11.4 Å². The lowest BCUT2D eigenvalue weighted by atomic mass is 10.1. The maximum absolute atomic E-state index is 12.4. The smallest absolute Gasteiger partial charge is 0.339 e. The Kier molecular flexibility index (Phi) is 6.93. The van der Waals surface area contributed by atoms with Crippen molar-refractivity contribution in [2.24, 2.45) is 0 Å². The quantitative estimate of drug-likeness (QED) is 0.757. The summed E-state index contributed by atoms with van der Waals surface area (Å²) >= 11 is 0. The van der Waals surface area contributed by atoms with Crippen LogP contribution >= 0.6 is 0 Å². The van der Waals surface area contributed by atoms with Crippen molar-refractivity contribution in [3.05, 3.63) is 59.7 Å². The number of benzene rings is 2. The number of esters is 1. The van der Waals surface area contributed by atoms with Crippen molar-refractivity contribution in [1.82, 2.24) is 4.90 Å². The minimum Gasteiger partial charge on any atom is -0.497 e. The molecule has 1 N–H and O–H groups in total. The molecule has 0 saturated heterocycles. The molecule has 2 aromatic rings. The monoisotopic (exact) mass is 370 g/mol. The zero-order valence-corrected chi connectivity index (χ0v) is 15.5. The number of amides is 2. The van der Waals surface area contributed by atoms with Gasteiger partial charge in [0, 0.05) is 13.5 Å². The van der Waals surface area contributed by atoms with Crippen LogP contribution in [0.3, 0.4) is 0 Å². The molecule has 0 bridgehead atoms. The van der Waals surface area contributed by atoms with Gasteiger partial charge in [-0.25, -0.2) is 4.79 Å². The number of nitrogens with zero attached hydrogens (tertiary/aromatic N) is 1. The zero-order valence-electron chi connectivity index (χ0n) is 15.5. The molecule has 0 fully saturated rings. The number of nitrogens with one attached hydrogen (secondary N) is 1. The first-order valence-electron chi connectivity index (χ1n) is 8.30. The van der Waals surface area contributed by atoms with E-state index >= 15 is 0 Å². The lowest BCUT2D eigenvalue weighted by Gasteiger charge is -2.21. The van der Waals surface area contributed by atoms with Crippen LogP contribution in [0.4, 0.5) is 5.69 Å². The van der Waals surface area contributed by atoms with Crippen LogP contribution < -0.4 is 10.1 Å². The van der Waals surface area contributed by atoms with Crippen molar-refractivity contribution in [1.29, 1.82) is 0 Å². The van der Waals surface area contributed by atoms with Gasteiger partial charge in [-0.2, -0.15) is 0 Å². The highest BCUT2D eigenvalue weighted by Crippen LogP contribution is 2.17. The van der Waals surface area contributed by atoms with Crippen molar-refractivity contribution < 1.29 is 23.9 Å². The largest absolute Gasteiger partial charge is 0.497 e. The van der Waals surface area contributed by atoms with Gasteiger partial charge in [0.15, 0.2) is 0 Å². The van der Waals surface area contributed by atoms with Gasteiger partial charge in [0.25, 0.3) is 0 Å². The average molecular weight is 370 g/mol. The van der Waals surface area contributed by atoms with E-state index in [1.165, 1.54) is 18.9 Å². The zero-order chi connectivity index (χ0) is 19.8. The molecule has 0 aliphatic carbocycles. The Bertz CT molecular complexity index is 817. The van der Waals surface area contributed by atoms with E-state index < -0.39 is 11.9 Å². The number of hydrogen-bond acceptors (Lipinski definition) is 5. The summed E-state index contributed by atoms with van der Waals surface area (Å²) in [5.74, 6) is -0.477. The summed E-state index contributed by atoms with van der Waals surface area (Å²) < 4.78 is 9.82. The van der Waals surface area contributed by atoms with E-state index in [0.717, 1.165) is 5.56 Å². The number of rotatable bonds is 7. The fraction of sp³-hybridized carbons (Fsp3) is 0.250. The SMILES string of the molecule is COC(=O)c1ccccc1NC(=O)CN(Cc1ccc(OC)cc1)C(C)=O. The molecule has 0 aliphatic rings. The van der Waals surface area contributed by atoms with Crippen LogP contribution in [0, 0.1) is 0 Å². The molecule has 7 nitrogen and oxygen atoms in total. The minimum absolute atomic E-state index is 0.142. The van der Waals surface area contributed by atoms with Crippen LogP contribution in [-0.2, 0) is 20.9 Å². The van der Waals surface area contributed by atoms with E-state index in [4.69, 9.17) is 9.47 Å². The highest BCUT2D eigenvalue weighted by atomic mass is 16.5. The Labute approximate surface area is 157 Å². The number of carbonyl (C=O) groups excluding carboxylic acids is 3. The first kappa shape index (κ1) is 20.0. The third-order valence-electron chi connectivity index (χ3n) is 3.92. The Morgan fingerprint density at radius 2 is 1.67 bits per heavy atom. The van der Waals surface area contributed by atoms with Crippen LogP contribution in [0.25, 0.3) is 0 Å². The summed E-state index contributed by atoms with van der Waals surface area (Å²) in [5.41, 5.74) is 1.45. The second-order valence-corrected chi connectivity index (χ2v) is 5.81. The van der Waals surface area contributed by atoms with E-state index in [1.54, 1.807) is 43.5 Å². The fourth-order valence-corrected chi connectivity index (χ4v) is 2.47. The number of methoxy groups -OCH3 is 2. The Hall–Kier alpha value is -3.35. The number of para-hydroxylation sites is 1. The Morgan fingerprint density at radius 1 is 1.00 bits per heavy atom.